The largest absolute Gasteiger partial charge is 0.496 e. The van der Waals surface area contributed by atoms with Gasteiger partial charge in [0, 0.05) is 15.1 Å². The molecule has 0 amide bonds. The lowest BCUT2D eigenvalue weighted by Crippen LogP contribution is -2.29. The number of benzene rings is 2. The monoisotopic (exact) mass is 354 g/mol. The number of halogens is 2. The molecule has 0 spiro atoms. The van der Waals surface area contributed by atoms with Crippen LogP contribution in [-0.2, 0) is 0 Å². The van der Waals surface area contributed by atoms with E-state index in [-0.39, 0.29) is 6.04 Å². The molecule has 0 aliphatic heterocycles. The molecular weight excluding hydrogens is 340 g/mol. The van der Waals surface area contributed by atoms with Gasteiger partial charge in [0.1, 0.15) is 5.75 Å². The first kappa shape index (κ1) is 15.3. The molecule has 2 aromatic carbocycles. The van der Waals surface area contributed by atoms with Crippen LogP contribution in [0, 0.1) is 6.92 Å². The highest BCUT2D eigenvalue weighted by Gasteiger charge is 2.19. The van der Waals surface area contributed by atoms with Gasteiger partial charge in [-0.2, -0.15) is 0 Å². The zero-order valence-corrected chi connectivity index (χ0v) is 13.6. The highest BCUT2D eigenvalue weighted by molar-refractivity contribution is 9.10. The van der Waals surface area contributed by atoms with Gasteiger partial charge in [0.25, 0.3) is 0 Å². The number of nitrogens with one attached hydrogen (secondary N) is 1. The number of hydrogen-bond acceptors (Lipinski definition) is 3. The summed E-state index contributed by atoms with van der Waals surface area (Å²) in [5.74, 6) is 6.51. The Balaban J connectivity index is 2.58. The lowest BCUT2D eigenvalue weighted by Gasteiger charge is -2.22. The van der Waals surface area contributed by atoms with E-state index in [1.807, 2.05) is 37.3 Å². The topological polar surface area (TPSA) is 47.3 Å². The molecule has 106 valence electrons. The minimum Gasteiger partial charge on any atom is -0.496 e. The molecule has 0 bridgehead atoms. The Morgan fingerprint density at radius 1 is 1.25 bits per heavy atom. The minimum absolute atomic E-state index is 0.193. The maximum absolute atomic E-state index is 6.10. The SMILES string of the molecule is COc1ccc(Cl)cc1C(NN)c1cccc(Br)c1C. The Labute approximate surface area is 132 Å². The molecule has 0 aliphatic carbocycles. The lowest BCUT2D eigenvalue weighted by molar-refractivity contribution is 0.404. The highest BCUT2D eigenvalue weighted by atomic mass is 79.9. The van der Waals surface area contributed by atoms with E-state index in [2.05, 4.69) is 21.4 Å². The molecule has 0 aliphatic rings. The summed E-state index contributed by atoms with van der Waals surface area (Å²) in [7, 11) is 1.63. The Kier molecular flexibility index (Phi) is 5.05. The average Bonchev–Trinajstić information content (AvgIpc) is 2.44. The maximum Gasteiger partial charge on any atom is 0.124 e. The number of hydrazine groups is 1. The van der Waals surface area contributed by atoms with Gasteiger partial charge in [0.2, 0.25) is 0 Å². The smallest absolute Gasteiger partial charge is 0.124 e. The maximum atomic E-state index is 6.10. The molecule has 0 aromatic heterocycles. The quantitative estimate of drug-likeness (QED) is 0.644. The van der Waals surface area contributed by atoms with Gasteiger partial charge in [-0.3, -0.25) is 5.84 Å². The molecule has 3 nitrogen and oxygen atoms in total. The predicted molar refractivity (Wildman–Crippen MR) is 86.0 cm³/mol. The van der Waals surface area contributed by atoms with Crippen molar-refractivity contribution in [2.24, 2.45) is 5.84 Å². The summed E-state index contributed by atoms with van der Waals surface area (Å²) in [5, 5.41) is 0.647. The van der Waals surface area contributed by atoms with Crippen molar-refractivity contribution in [3.63, 3.8) is 0 Å². The Bertz CT molecular complexity index is 619. The number of hydrogen-bond donors (Lipinski definition) is 2. The fourth-order valence-electron chi connectivity index (χ4n) is 2.21. The fourth-order valence-corrected chi connectivity index (χ4v) is 2.78. The molecule has 1 unspecified atom stereocenters. The van der Waals surface area contributed by atoms with Crippen LogP contribution in [0.1, 0.15) is 22.7 Å². The van der Waals surface area contributed by atoms with Crippen LogP contribution in [-0.4, -0.2) is 7.11 Å². The zero-order chi connectivity index (χ0) is 14.7. The van der Waals surface area contributed by atoms with Gasteiger partial charge < -0.3 is 4.74 Å². The Hall–Kier alpha value is -1.07. The first-order valence-corrected chi connectivity index (χ1v) is 7.30. The van der Waals surface area contributed by atoms with Gasteiger partial charge in [0.15, 0.2) is 0 Å². The molecule has 1 atom stereocenters. The van der Waals surface area contributed by atoms with E-state index in [4.69, 9.17) is 22.2 Å². The molecule has 0 radical (unpaired) electrons. The third-order valence-corrected chi connectivity index (χ3v) is 4.38. The Morgan fingerprint density at radius 2 is 2.00 bits per heavy atom. The summed E-state index contributed by atoms with van der Waals surface area (Å²) in [5.41, 5.74) is 5.95. The summed E-state index contributed by atoms with van der Waals surface area (Å²) in [6.45, 7) is 2.04. The first-order valence-electron chi connectivity index (χ1n) is 6.13. The molecule has 3 N–H and O–H groups in total. The second-order valence-electron chi connectivity index (χ2n) is 4.44. The second-order valence-corrected chi connectivity index (χ2v) is 5.73. The number of ether oxygens (including phenoxy) is 1. The second kappa shape index (κ2) is 6.59. The van der Waals surface area contributed by atoms with Gasteiger partial charge in [-0.25, -0.2) is 5.43 Å². The van der Waals surface area contributed by atoms with E-state index in [0.717, 1.165) is 26.9 Å². The Morgan fingerprint density at radius 3 is 2.65 bits per heavy atom. The van der Waals surface area contributed by atoms with Crippen molar-refractivity contribution >= 4 is 27.5 Å². The number of rotatable bonds is 4. The normalized spacial score (nSPS) is 12.2. The molecular formula is C15H16BrClN2O. The molecule has 0 saturated carbocycles. The lowest BCUT2D eigenvalue weighted by atomic mass is 9.95. The summed E-state index contributed by atoms with van der Waals surface area (Å²) in [6.07, 6.45) is 0. The summed E-state index contributed by atoms with van der Waals surface area (Å²) in [6, 6.07) is 11.3. The van der Waals surface area contributed by atoms with Crippen molar-refractivity contribution in [2.45, 2.75) is 13.0 Å². The first-order chi connectivity index (χ1) is 9.58. The average molecular weight is 356 g/mol. The van der Waals surface area contributed by atoms with Crippen molar-refractivity contribution in [1.82, 2.24) is 5.43 Å². The molecule has 20 heavy (non-hydrogen) atoms. The van der Waals surface area contributed by atoms with Crippen LogP contribution in [0.25, 0.3) is 0 Å². The van der Waals surface area contributed by atoms with Crippen LogP contribution < -0.4 is 16.0 Å². The third-order valence-electron chi connectivity index (χ3n) is 3.29. The van der Waals surface area contributed by atoms with E-state index in [0.29, 0.717) is 5.02 Å². The molecule has 0 saturated heterocycles. The molecule has 2 aromatic rings. The van der Waals surface area contributed by atoms with E-state index < -0.39 is 0 Å². The van der Waals surface area contributed by atoms with Crippen LogP contribution in [0.15, 0.2) is 40.9 Å². The van der Waals surface area contributed by atoms with Gasteiger partial charge in [0.05, 0.1) is 13.2 Å². The van der Waals surface area contributed by atoms with Crippen molar-refractivity contribution in [1.29, 1.82) is 0 Å². The molecule has 2 rings (SSSR count). The van der Waals surface area contributed by atoms with Gasteiger partial charge >= 0.3 is 0 Å². The molecule has 0 heterocycles. The van der Waals surface area contributed by atoms with Crippen LogP contribution in [0.2, 0.25) is 5.02 Å². The van der Waals surface area contributed by atoms with E-state index >= 15 is 0 Å². The van der Waals surface area contributed by atoms with Gasteiger partial charge in [-0.1, -0.05) is 39.7 Å². The summed E-state index contributed by atoms with van der Waals surface area (Å²) >= 11 is 9.64. The van der Waals surface area contributed by atoms with Crippen molar-refractivity contribution in [3.8, 4) is 5.75 Å². The van der Waals surface area contributed by atoms with Crippen molar-refractivity contribution < 1.29 is 4.74 Å². The van der Waals surface area contributed by atoms with E-state index in [1.165, 1.54) is 0 Å². The zero-order valence-electron chi connectivity index (χ0n) is 11.3. The molecule has 5 heteroatoms. The summed E-state index contributed by atoms with van der Waals surface area (Å²) < 4.78 is 6.45. The van der Waals surface area contributed by atoms with E-state index in [9.17, 15) is 0 Å². The van der Waals surface area contributed by atoms with Gasteiger partial charge in [-0.15, -0.1) is 0 Å². The standard InChI is InChI=1S/C15H16BrClN2O/c1-9-11(4-3-5-13(9)16)15(19-18)12-8-10(17)6-7-14(12)20-2/h3-8,15,19H,18H2,1-2H3. The van der Waals surface area contributed by atoms with Crippen molar-refractivity contribution in [2.75, 3.05) is 7.11 Å². The number of nitrogens with two attached hydrogens (primary N) is 1. The minimum atomic E-state index is -0.193. The van der Waals surface area contributed by atoms with Crippen LogP contribution in [0.4, 0.5) is 0 Å². The van der Waals surface area contributed by atoms with Crippen molar-refractivity contribution in [3.05, 3.63) is 62.6 Å². The van der Waals surface area contributed by atoms with Crippen LogP contribution in [0.3, 0.4) is 0 Å². The van der Waals surface area contributed by atoms with Gasteiger partial charge in [-0.05, 0) is 42.3 Å². The molecule has 0 fully saturated rings. The van der Waals surface area contributed by atoms with Crippen LogP contribution in [0.5, 0.6) is 5.75 Å². The fraction of sp³-hybridized carbons (Fsp3) is 0.200. The predicted octanol–water partition coefficient (Wildman–Crippen LogP) is 3.97. The summed E-state index contributed by atoms with van der Waals surface area (Å²) in [4.78, 5) is 0. The van der Waals surface area contributed by atoms with Crippen LogP contribution >= 0.6 is 27.5 Å². The van der Waals surface area contributed by atoms with E-state index in [1.54, 1.807) is 13.2 Å². The number of methoxy groups -OCH3 is 1. The highest BCUT2D eigenvalue weighted by Crippen LogP contribution is 2.34. The third kappa shape index (κ3) is 2.99.